The van der Waals surface area contributed by atoms with E-state index in [4.69, 9.17) is 10.5 Å². The van der Waals surface area contributed by atoms with Crippen molar-refractivity contribution in [2.75, 3.05) is 6.61 Å². The molecule has 2 rings (SSSR count). The quantitative estimate of drug-likeness (QED) is 0.811. The van der Waals surface area contributed by atoms with Crippen molar-refractivity contribution in [3.63, 3.8) is 0 Å². The van der Waals surface area contributed by atoms with Crippen molar-refractivity contribution in [2.45, 2.75) is 13.5 Å². The minimum absolute atomic E-state index is 0.351. The molecule has 1 heterocycles. The average molecular weight is 218 g/mol. The molecule has 5 heteroatoms. The SMILES string of the molecule is CCOc1ccccc1-c1n[nH]c(CN)n1. The Labute approximate surface area is 93.7 Å². The Morgan fingerprint density at radius 2 is 2.19 bits per heavy atom. The summed E-state index contributed by atoms with van der Waals surface area (Å²) in [6.45, 7) is 2.91. The van der Waals surface area contributed by atoms with Crippen LogP contribution in [0.3, 0.4) is 0 Å². The standard InChI is InChI=1S/C11H14N4O/c1-2-16-9-6-4-3-5-8(9)11-13-10(7-12)14-15-11/h3-6H,2,7,12H2,1H3,(H,13,14,15). The Kier molecular flexibility index (Phi) is 3.16. The van der Waals surface area contributed by atoms with Crippen LogP contribution in [0.15, 0.2) is 24.3 Å². The average Bonchev–Trinajstić information content (AvgIpc) is 2.79. The van der Waals surface area contributed by atoms with Gasteiger partial charge in [-0.3, -0.25) is 5.10 Å². The van der Waals surface area contributed by atoms with Gasteiger partial charge in [0.05, 0.1) is 18.7 Å². The Morgan fingerprint density at radius 1 is 1.38 bits per heavy atom. The number of nitrogens with two attached hydrogens (primary N) is 1. The summed E-state index contributed by atoms with van der Waals surface area (Å²) in [6.07, 6.45) is 0. The van der Waals surface area contributed by atoms with Crippen molar-refractivity contribution in [3.05, 3.63) is 30.1 Å². The van der Waals surface area contributed by atoms with E-state index in [1.165, 1.54) is 0 Å². The van der Waals surface area contributed by atoms with Crippen LogP contribution in [0.5, 0.6) is 5.75 Å². The summed E-state index contributed by atoms with van der Waals surface area (Å²) in [5.41, 5.74) is 6.35. The first-order valence-electron chi connectivity index (χ1n) is 5.18. The molecule has 0 saturated carbocycles. The fourth-order valence-corrected chi connectivity index (χ4v) is 1.44. The number of ether oxygens (including phenoxy) is 1. The van der Waals surface area contributed by atoms with Crippen molar-refractivity contribution < 1.29 is 4.74 Å². The Hall–Kier alpha value is -1.88. The molecule has 1 aromatic heterocycles. The number of para-hydroxylation sites is 1. The maximum absolute atomic E-state index is 5.51. The number of rotatable bonds is 4. The van der Waals surface area contributed by atoms with Gasteiger partial charge in [0.1, 0.15) is 11.6 Å². The van der Waals surface area contributed by atoms with Gasteiger partial charge in [0.25, 0.3) is 0 Å². The predicted octanol–water partition coefficient (Wildman–Crippen LogP) is 1.33. The normalized spacial score (nSPS) is 10.4. The molecule has 0 aliphatic rings. The fraction of sp³-hybridized carbons (Fsp3) is 0.273. The Bertz CT molecular complexity index is 467. The van der Waals surface area contributed by atoms with Gasteiger partial charge in [-0.05, 0) is 19.1 Å². The van der Waals surface area contributed by atoms with Crippen molar-refractivity contribution in [3.8, 4) is 17.1 Å². The molecular weight excluding hydrogens is 204 g/mol. The predicted molar refractivity (Wildman–Crippen MR) is 60.9 cm³/mol. The van der Waals surface area contributed by atoms with Gasteiger partial charge in [-0.2, -0.15) is 5.10 Å². The second-order valence-corrected chi connectivity index (χ2v) is 3.24. The third-order valence-corrected chi connectivity index (χ3v) is 2.15. The molecule has 2 aromatic rings. The summed E-state index contributed by atoms with van der Waals surface area (Å²) in [4.78, 5) is 4.27. The van der Waals surface area contributed by atoms with E-state index in [-0.39, 0.29) is 0 Å². The molecule has 1 aromatic carbocycles. The lowest BCUT2D eigenvalue weighted by molar-refractivity contribution is 0.341. The molecular formula is C11H14N4O. The molecule has 5 nitrogen and oxygen atoms in total. The molecule has 0 unspecified atom stereocenters. The van der Waals surface area contributed by atoms with E-state index in [2.05, 4.69) is 15.2 Å². The fourth-order valence-electron chi connectivity index (χ4n) is 1.44. The van der Waals surface area contributed by atoms with E-state index >= 15 is 0 Å². The van der Waals surface area contributed by atoms with Gasteiger partial charge in [0.2, 0.25) is 0 Å². The monoisotopic (exact) mass is 218 g/mol. The van der Waals surface area contributed by atoms with Crippen molar-refractivity contribution in [1.29, 1.82) is 0 Å². The summed E-state index contributed by atoms with van der Waals surface area (Å²) in [5.74, 6) is 2.07. The molecule has 3 N–H and O–H groups in total. The third kappa shape index (κ3) is 2.04. The van der Waals surface area contributed by atoms with Gasteiger partial charge in [0.15, 0.2) is 5.82 Å². The van der Waals surface area contributed by atoms with E-state index < -0.39 is 0 Å². The van der Waals surface area contributed by atoms with E-state index in [0.29, 0.717) is 24.8 Å². The zero-order valence-corrected chi connectivity index (χ0v) is 9.10. The van der Waals surface area contributed by atoms with Crippen LogP contribution in [0.25, 0.3) is 11.4 Å². The van der Waals surface area contributed by atoms with Crippen molar-refractivity contribution in [2.24, 2.45) is 5.73 Å². The maximum atomic E-state index is 5.51. The Balaban J connectivity index is 2.38. The molecule has 0 amide bonds. The van der Waals surface area contributed by atoms with Crippen molar-refractivity contribution >= 4 is 0 Å². The highest BCUT2D eigenvalue weighted by molar-refractivity contribution is 5.63. The lowest BCUT2D eigenvalue weighted by Crippen LogP contribution is -1.98. The van der Waals surface area contributed by atoms with Crippen LogP contribution in [0, 0.1) is 0 Å². The first kappa shape index (κ1) is 10.6. The molecule has 0 aliphatic heterocycles. The summed E-state index contributed by atoms with van der Waals surface area (Å²) in [7, 11) is 0. The highest BCUT2D eigenvalue weighted by Gasteiger charge is 2.10. The third-order valence-electron chi connectivity index (χ3n) is 2.15. The van der Waals surface area contributed by atoms with E-state index in [1.54, 1.807) is 0 Å². The van der Waals surface area contributed by atoms with Gasteiger partial charge < -0.3 is 10.5 Å². The van der Waals surface area contributed by atoms with E-state index in [0.717, 1.165) is 11.3 Å². The van der Waals surface area contributed by atoms with Crippen LogP contribution in [0.2, 0.25) is 0 Å². The van der Waals surface area contributed by atoms with Gasteiger partial charge in [-0.25, -0.2) is 4.98 Å². The number of aromatic amines is 1. The summed E-state index contributed by atoms with van der Waals surface area (Å²) in [5, 5.41) is 6.89. The van der Waals surface area contributed by atoms with Gasteiger partial charge in [-0.15, -0.1) is 0 Å². The summed E-state index contributed by atoms with van der Waals surface area (Å²) in [6, 6.07) is 7.67. The largest absolute Gasteiger partial charge is 0.493 e. The highest BCUT2D eigenvalue weighted by atomic mass is 16.5. The van der Waals surface area contributed by atoms with Crippen LogP contribution in [-0.2, 0) is 6.54 Å². The van der Waals surface area contributed by atoms with Crippen molar-refractivity contribution in [1.82, 2.24) is 15.2 Å². The van der Waals surface area contributed by atoms with Crippen LogP contribution in [0.1, 0.15) is 12.7 Å². The lowest BCUT2D eigenvalue weighted by atomic mass is 10.2. The maximum Gasteiger partial charge on any atom is 0.184 e. The molecule has 0 spiro atoms. The highest BCUT2D eigenvalue weighted by Crippen LogP contribution is 2.26. The number of H-pyrrole nitrogens is 1. The van der Waals surface area contributed by atoms with Crippen LogP contribution >= 0.6 is 0 Å². The molecule has 0 atom stereocenters. The molecule has 16 heavy (non-hydrogen) atoms. The molecule has 0 aliphatic carbocycles. The molecule has 0 radical (unpaired) electrons. The summed E-state index contributed by atoms with van der Waals surface area (Å²) >= 11 is 0. The number of aromatic nitrogens is 3. The zero-order chi connectivity index (χ0) is 11.4. The number of hydrogen-bond donors (Lipinski definition) is 2. The number of nitrogens with one attached hydrogen (secondary N) is 1. The molecule has 0 fully saturated rings. The number of nitrogens with zero attached hydrogens (tertiary/aromatic N) is 2. The first-order chi connectivity index (χ1) is 7.85. The van der Waals surface area contributed by atoms with Crippen LogP contribution in [0.4, 0.5) is 0 Å². The molecule has 0 bridgehead atoms. The van der Waals surface area contributed by atoms with Gasteiger partial charge in [0, 0.05) is 0 Å². The first-order valence-corrected chi connectivity index (χ1v) is 5.18. The lowest BCUT2D eigenvalue weighted by Gasteiger charge is -2.06. The Morgan fingerprint density at radius 3 is 2.88 bits per heavy atom. The van der Waals surface area contributed by atoms with E-state index in [1.807, 2.05) is 31.2 Å². The smallest absolute Gasteiger partial charge is 0.184 e. The summed E-state index contributed by atoms with van der Waals surface area (Å²) < 4.78 is 5.51. The van der Waals surface area contributed by atoms with Gasteiger partial charge >= 0.3 is 0 Å². The minimum atomic E-state index is 0.351. The van der Waals surface area contributed by atoms with Gasteiger partial charge in [-0.1, -0.05) is 12.1 Å². The van der Waals surface area contributed by atoms with E-state index in [9.17, 15) is 0 Å². The number of hydrogen-bond acceptors (Lipinski definition) is 4. The molecule has 0 saturated heterocycles. The molecule has 84 valence electrons. The van der Waals surface area contributed by atoms with Crippen LogP contribution < -0.4 is 10.5 Å². The topological polar surface area (TPSA) is 76.8 Å². The zero-order valence-electron chi connectivity index (χ0n) is 9.10. The number of benzene rings is 1. The van der Waals surface area contributed by atoms with Crippen LogP contribution in [-0.4, -0.2) is 21.8 Å². The minimum Gasteiger partial charge on any atom is -0.493 e. The second-order valence-electron chi connectivity index (χ2n) is 3.24. The second kappa shape index (κ2) is 4.76.